The SMILES string of the molecule is COC(=O)N[C@H](C(=O)N1[C@H]2CCCCC2(C)C[C@H]1c1ncc(-c2ccc3cc(-c4ccc5nc([C@@H]6CCCN6)[nH]c5c4)ccc3c2)[nH]1)C(C)C. The number of aromatic nitrogens is 4. The topological polar surface area (TPSA) is 128 Å². The van der Waals surface area contributed by atoms with Crippen molar-refractivity contribution in [3.63, 3.8) is 0 Å². The van der Waals surface area contributed by atoms with Gasteiger partial charge in [-0.15, -0.1) is 0 Å². The molecule has 50 heavy (non-hydrogen) atoms. The fourth-order valence-electron chi connectivity index (χ4n) is 8.78. The average Bonchev–Trinajstić information content (AvgIpc) is 3.94. The van der Waals surface area contributed by atoms with Gasteiger partial charge in [-0.2, -0.15) is 0 Å². The predicted molar refractivity (Wildman–Crippen MR) is 195 cm³/mol. The molecular formula is C40H47N7O3. The number of H-pyrrole nitrogens is 2. The second-order valence-electron chi connectivity index (χ2n) is 15.2. The number of rotatable bonds is 7. The van der Waals surface area contributed by atoms with Crippen LogP contribution >= 0.6 is 0 Å². The number of ether oxygens (including phenoxy) is 1. The molecule has 3 aromatic carbocycles. The molecule has 10 heteroatoms. The molecule has 3 fully saturated rings. The lowest BCUT2D eigenvalue weighted by Gasteiger charge is -2.41. The van der Waals surface area contributed by atoms with Gasteiger partial charge in [-0.3, -0.25) is 4.79 Å². The highest BCUT2D eigenvalue weighted by Gasteiger charge is 2.54. The molecule has 260 valence electrons. The van der Waals surface area contributed by atoms with Gasteiger partial charge in [0.2, 0.25) is 5.91 Å². The van der Waals surface area contributed by atoms with E-state index in [0.29, 0.717) is 6.04 Å². The molecule has 1 saturated carbocycles. The second kappa shape index (κ2) is 12.9. The zero-order valence-electron chi connectivity index (χ0n) is 29.4. The van der Waals surface area contributed by atoms with Crippen LogP contribution in [0.4, 0.5) is 4.79 Å². The quantitative estimate of drug-likeness (QED) is 0.140. The molecule has 0 bridgehead atoms. The first kappa shape index (κ1) is 32.5. The molecule has 1 aliphatic carbocycles. The van der Waals surface area contributed by atoms with E-state index in [-0.39, 0.29) is 29.3 Å². The van der Waals surface area contributed by atoms with Crippen LogP contribution in [0, 0.1) is 11.3 Å². The van der Waals surface area contributed by atoms with Gasteiger partial charge in [0.05, 0.1) is 42.1 Å². The smallest absolute Gasteiger partial charge is 0.407 e. The maximum absolute atomic E-state index is 14.3. The van der Waals surface area contributed by atoms with Gasteiger partial charge in [-0.1, -0.05) is 63.9 Å². The molecule has 2 saturated heterocycles. The number of likely N-dealkylation sites (tertiary alicyclic amines) is 1. The lowest BCUT2D eigenvalue weighted by molar-refractivity contribution is -0.139. The van der Waals surface area contributed by atoms with E-state index >= 15 is 0 Å². The molecule has 5 atom stereocenters. The van der Waals surface area contributed by atoms with Crippen LogP contribution in [-0.4, -0.2) is 62.6 Å². The van der Waals surface area contributed by atoms with Crippen LogP contribution in [0.2, 0.25) is 0 Å². The third kappa shape index (κ3) is 5.83. The average molecular weight is 674 g/mol. The van der Waals surface area contributed by atoms with Crippen LogP contribution < -0.4 is 10.6 Å². The first-order valence-electron chi connectivity index (χ1n) is 18.2. The number of aromatic amines is 2. The lowest BCUT2D eigenvalue weighted by atomic mass is 9.71. The van der Waals surface area contributed by atoms with E-state index in [1.54, 1.807) is 0 Å². The van der Waals surface area contributed by atoms with Crippen molar-refractivity contribution in [3.8, 4) is 22.4 Å². The van der Waals surface area contributed by atoms with Crippen LogP contribution in [0.3, 0.4) is 0 Å². The summed E-state index contributed by atoms with van der Waals surface area (Å²) in [6, 6.07) is 19.1. The third-order valence-electron chi connectivity index (χ3n) is 11.5. The Labute approximate surface area is 292 Å². The Morgan fingerprint density at radius 1 is 0.940 bits per heavy atom. The molecule has 2 aliphatic heterocycles. The van der Waals surface area contributed by atoms with Crippen LogP contribution in [0.1, 0.15) is 89.4 Å². The molecule has 0 spiro atoms. The van der Waals surface area contributed by atoms with E-state index in [2.05, 4.69) is 82.1 Å². The minimum atomic E-state index is -0.679. The monoisotopic (exact) mass is 673 g/mol. The van der Waals surface area contributed by atoms with E-state index < -0.39 is 12.1 Å². The number of methoxy groups -OCH3 is 1. The van der Waals surface area contributed by atoms with E-state index in [1.807, 2.05) is 24.9 Å². The molecule has 5 aromatic rings. The number of alkyl carbamates (subject to hydrolysis) is 1. The van der Waals surface area contributed by atoms with Crippen LogP contribution in [0.25, 0.3) is 44.2 Å². The zero-order chi connectivity index (χ0) is 34.6. The number of hydrogen-bond acceptors (Lipinski definition) is 6. The summed E-state index contributed by atoms with van der Waals surface area (Å²) in [4.78, 5) is 45.5. The molecule has 0 radical (unpaired) electrons. The normalized spacial score (nSPS) is 24.2. The van der Waals surface area contributed by atoms with Gasteiger partial charge in [-0.05, 0) is 96.1 Å². The van der Waals surface area contributed by atoms with E-state index in [4.69, 9.17) is 14.7 Å². The Morgan fingerprint density at radius 3 is 2.46 bits per heavy atom. The number of nitrogens with one attached hydrogen (secondary N) is 4. The van der Waals surface area contributed by atoms with Crippen molar-refractivity contribution in [2.45, 2.75) is 89.9 Å². The summed E-state index contributed by atoms with van der Waals surface area (Å²) < 4.78 is 4.88. The van der Waals surface area contributed by atoms with Gasteiger partial charge in [0.1, 0.15) is 17.7 Å². The summed E-state index contributed by atoms with van der Waals surface area (Å²) in [5.41, 5.74) is 6.34. The van der Waals surface area contributed by atoms with Gasteiger partial charge < -0.3 is 30.2 Å². The highest BCUT2D eigenvalue weighted by molar-refractivity contribution is 5.92. The summed E-state index contributed by atoms with van der Waals surface area (Å²) in [6.07, 6.45) is 8.72. The van der Waals surface area contributed by atoms with Gasteiger partial charge >= 0.3 is 6.09 Å². The number of amides is 2. The third-order valence-corrected chi connectivity index (χ3v) is 11.5. The first-order valence-corrected chi connectivity index (χ1v) is 18.2. The summed E-state index contributed by atoms with van der Waals surface area (Å²) in [5, 5.41) is 8.65. The number of carbonyl (C=O) groups is 2. The number of nitrogens with zero attached hydrogens (tertiary/aromatic N) is 3. The molecule has 4 N–H and O–H groups in total. The van der Waals surface area contributed by atoms with Crippen LogP contribution in [0.15, 0.2) is 60.8 Å². The molecule has 2 aromatic heterocycles. The van der Waals surface area contributed by atoms with Crippen molar-refractivity contribution in [3.05, 3.63) is 72.4 Å². The summed E-state index contributed by atoms with van der Waals surface area (Å²) in [6.45, 7) is 7.28. The van der Waals surface area contributed by atoms with Crippen molar-refractivity contribution in [2.75, 3.05) is 13.7 Å². The van der Waals surface area contributed by atoms with Crippen LogP contribution in [-0.2, 0) is 9.53 Å². The minimum absolute atomic E-state index is 0.00362. The van der Waals surface area contributed by atoms with Crippen molar-refractivity contribution >= 4 is 33.8 Å². The maximum atomic E-state index is 14.3. The molecule has 1 unspecified atom stereocenters. The number of hydrogen-bond donors (Lipinski definition) is 4. The van der Waals surface area contributed by atoms with Crippen molar-refractivity contribution in [1.29, 1.82) is 0 Å². The predicted octanol–water partition coefficient (Wildman–Crippen LogP) is 7.80. The Hall–Kier alpha value is -4.70. The maximum Gasteiger partial charge on any atom is 0.407 e. The summed E-state index contributed by atoms with van der Waals surface area (Å²) >= 11 is 0. The summed E-state index contributed by atoms with van der Waals surface area (Å²) in [7, 11) is 1.33. The van der Waals surface area contributed by atoms with Crippen molar-refractivity contribution in [2.24, 2.45) is 11.3 Å². The Morgan fingerprint density at radius 2 is 1.70 bits per heavy atom. The molecular weight excluding hydrogens is 626 g/mol. The molecule has 4 heterocycles. The summed E-state index contributed by atoms with van der Waals surface area (Å²) in [5.74, 6) is 1.66. The molecule has 2 amide bonds. The number of fused-ring (bicyclic) bond motifs is 3. The minimum Gasteiger partial charge on any atom is -0.453 e. The van der Waals surface area contributed by atoms with E-state index in [0.717, 1.165) is 101 Å². The Balaban J connectivity index is 1.06. The van der Waals surface area contributed by atoms with Crippen molar-refractivity contribution in [1.82, 2.24) is 35.5 Å². The number of imidazole rings is 2. The standard InChI is InChI=1S/C40H47N7O3/c1-23(2)35(46-39(49)50-4)38(48)47-33(21-40(3)16-6-5-9-34(40)47)37-42-22-32(45-37)28-13-12-24-18-25(10-11-26(24)19-28)27-14-15-29-31(20-27)44-36(43-29)30-8-7-17-41-30/h10-15,18-20,22-23,30,33-35,41H,5-9,16-17,21H2,1-4H3,(H,42,45)(H,43,44)(H,46,49)/t30-,33-,34-,35-,40?/m0/s1. The highest BCUT2D eigenvalue weighted by atomic mass is 16.5. The molecule has 3 aliphatic rings. The van der Waals surface area contributed by atoms with Gasteiger partial charge in [-0.25, -0.2) is 14.8 Å². The van der Waals surface area contributed by atoms with Gasteiger partial charge in [0.15, 0.2) is 0 Å². The largest absolute Gasteiger partial charge is 0.453 e. The van der Waals surface area contributed by atoms with E-state index in [9.17, 15) is 9.59 Å². The van der Waals surface area contributed by atoms with Gasteiger partial charge in [0.25, 0.3) is 0 Å². The number of benzene rings is 3. The van der Waals surface area contributed by atoms with Crippen molar-refractivity contribution < 1.29 is 14.3 Å². The Kier molecular flexibility index (Phi) is 8.37. The van der Waals surface area contributed by atoms with E-state index in [1.165, 1.54) is 13.5 Å². The number of carbonyl (C=O) groups excluding carboxylic acids is 2. The van der Waals surface area contributed by atoms with Crippen LogP contribution in [0.5, 0.6) is 0 Å². The fraction of sp³-hybridized carbons (Fsp3) is 0.450. The molecule has 8 rings (SSSR count). The van der Waals surface area contributed by atoms with Gasteiger partial charge in [0, 0.05) is 11.6 Å². The lowest BCUT2D eigenvalue weighted by Crippen LogP contribution is -2.54. The zero-order valence-corrected chi connectivity index (χ0v) is 29.4. The fourth-order valence-corrected chi connectivity index (χ4v) is 8.78. The highest BCUT2D eigenvalue weighted by Crippen LogP contribution is 2.54. The second-order valence-corrected chi connectivity index (χ2v) is 15.2. The molecule has 10 nitrogen and oxygen atoms in total. The Bertz CT molecular complexity index is 2060. The first-order chi connectivity index (χ1) is 24.2.